The lowest BCUT2D eigenvalue weighted by atomic mass is 10.0. The van der Waals surface area contributed by atoms with Crippen molar-refractivity contribution in [3.05, 3.63) is 77.9 Å². The average molecular weight is 312 g/mol. The van der Waals surface area contributed by atoms with Crippen LogP contribution in [0.15, 0.2) is 66.7 Å². The fourth-order valence-corrected chi connectivity index (χ4v) is 1.79. The lowest BCUT2D eigenvalue weighted by Crippen LogP contribution is -2.11. The summed E-state index contributed by atoms with van der Waals surface area (Å²) in [4.78, 5) is 20.6. The Labute approximate surface area is 135 Å². The molecular weight excluding hydrogens is 292 g/mol. The highest BCUT2D eigenvalue weighted by Gasteiger charge is 2.10. The minimum Gasteiger partial charge on any atom is -0.481 e. The molecule has 0 saturated heterocycles. The molecule has 0 radical (unpaired) electrons. The Hall–Kier alpha value is -2.88. The first-order valence-corrected chi connectivity index (χ1v) is 7.22. The number of carboxylic acids is 2. The molecule has 2 aromatic rings. The first-order valence-electron chi connectivity index (χ1n) is 7.22. The van der Waals surface area contributed by atoms with E-state index in [1.54, 1.807) is 13.0 Å². The van der Waals surface area contributed by atoms with Gasteiger partial charge < -0.3 is 10.2 Å². The van der Waals surface area contributed by atoms with E-state index in [4.69, 9.17) is 10.2 Å². The predicted octanol–water partition coefficient (Wildman–Crippen LogP) is 3.73. The molecule has 0 aromatic heterocycles. The maximum atomic E-state index is 10.5. The summed E-state index contributed by atoms with van der Waals surface area (Å²) in [5.41, 5.74) is 1.97. The van der Waals surface area contributed by atoms with Crippen LogP contribution in [-0.4, -0.2) is 22.2 Å². The van der Waals surface area contributed by atoms with Gasteiger partial charge in [-0.3, -0.25) is 4.79 Å². The van der Waals surface area contributed by atoms with Gasteiger partial charge in [0.25, 0.3) is 0 Å². The van der Waals surface area contributed by atoms with Crippen molar-refractivity contribution in [1.29, 1.82) is 0 Å². The summed E-state index contributed by atoms with van der Waals surface area (Å²) in [5, 5.41) is 16.9. The van der Waals surface area contributed by atoms with E-state index in [1.165, 1.54) is 0 Å². The molecule has 0 saturated carbocycles. The zero-order chi connectivity index (χ0) is 17.1. The van der Waals surface area contributed by atoms with E-state index in [0.29, 0.717) is 6.42 Å². The van der Waals surface area contributed by atoms with Gasteiger partial charge in [0.2, 0.25) is 0 Å². The summed E-state index contributed by atoms with van der Waals surface area (Å²) < 4.78 is 0. The second-order valence-corrected chi connectivity index (χ2v) is 5.01. The summed E-state index contributed by atoms with van der Waals surface area (Å²) in [5.74, 6) is -1.96. The molecule has 0 spiro atoms. The number of carbonyl (C=O) groups is 2. The summed E-state index contributed by atoms with van der Waals surface area (Å²) >= 11 is 0. The Bertz CT molecular complexity index is 633. The molecule has 4 nitrogen and oxygen atoms in total. The molecule has 0 aliphatic heterocycles. The molecule has 0 heterocycles. The molecule has 120 valence electrons. The van der Waals surface area contributed by atoms with Crippen LogP contribution in [0.2, 0.25) is 0 Å². The smallest absolute Gasteiger partial charge is 0.328 e. The van der Waals surface area contributed by atoms with E-state index < -0.39 is 11.9 Å². The molecule has 23 heavy (non-hydrogen) atoms. The molecule has 0 aliphatic rings. The molecule has 0 aliphatic carbocycles. The number of rotatable bonds is 5. The van der Waals surface area contributed by atoms with Crippen LogP contribution in [0.5, 0.6) is 0 Å². The molecule has 2 N–H and O–H groups in total. The molecule has 0 bridgehead atoms. The van der Waals surface area contributed by atoms with Crippen LogP contribution in [0.4, 0.5) is 0 Å². The van der Waals surface area contributed by atoms with Crippen molar-refractivity contribution in [1.82, 2.24) is 0 Å². The van der Waals surface area contributed by atoms with Gasteiger partial charge in [-0.05, 0) is 23.6 Å². The van der Waals surface area contributed by atoms with Gasteiger partial charge in [0.15, 0.2) is 0 Å². The van der Waals surface area contributed by atoms with Crippen molar-refractivity contribution in [3.63, 3.8) is 0 Å². The molecule has 4 heteroatoms. The zero-order valence-electron chi connectivity index (χ0n) is 12.9. The number of hydrogen-bond acceptors (Lipinski definition) is 2. The Morgan fingerprint density at radius 1 is 0.957 bits per heavy atom. The molecule has 0 amide bonds. The normalized spacial score (nSPS) is 11.3. The lowest BCUT2D eigenvalue weighted by molar-refractivity contribution is -0.141. The highest BCUT2D eigenvalue weighted by atomic mass is 16.4. The van der Waals surface area contributed by atoms with E-state index in [0.717, 1.165) is 17.2 Å². The third kappa shape index (κ3) is 8.21. The molecule has 0 fully saturated rings. The van der Waals surface area contributed by atoms with Gasteiger partial charge in [0, 0.05) is 6.08 Å². The fourth-order valence-electron chi connectivity index (χ4n) is 1.79. The van der Waals surface area contributed by atoms with Crippen molar-refractivity contribution < 1.29 is 19.8 Å². The summed E-state index contributed by atoms with van der Waals surface area (Å²) in [6.45, 7) is 1.72. The first kappa shape index (κ1) is 18.2. The molecule has 2 aromatic carbocycles. The van der Waals surface area contributed by atoms with Gasteiger partial charge in [-0.2, -0.15) is 0 Å². The van der Waals surface area contributed by atoms with E-state index in [2.05, 4.69) is 0 Å². The van der Waals surface area contributed by atoms with Crippen LogP contribution in [0.1, 0.15) is 18.1 Å². The Kier molecular flexibility index (Phi) is 7.86. The van der Waals surface area contributed by atoms with Crippen molar-refractivity contribution in [2.45, 2.75) is 13.3 Å². The highest BCUT2D eigenvalue weighted by Crippen LogP contribution is 2.07. The minimum atomic E-state index is -0.922. The van der Waals surface area contributed by atoms with Gasteiger partial charge in [0.1, 0.15) is 0 Å². The van der Waals surface area contributed by atoms with E-state index in [1.807, 2.05) is 60.7 Å². The highest BCUT2D eigenvalue weighted by molar-refractivity contribution is 5.85. The second kappa shape index (κ2) is 9.95. The summed E-state index contributed by atoms with van der Waals surface area (Å²) in [6.07, 6.45) is 3.29. The maximum Gasteiger partial charge on any atom is 0.328 e. The van der Waals surface area contributed by atoms with Crippen LogP contribution in [-0.2, 0) is 16.0 Å². The fraction of sp³-hybridized carbons (Fsp3) is 0.158. The molecule has 2 rings (SSSR count). The topological polar surface area (TPSA) is 74.6 Å². The first-order chi connectivity index (χ1) is 11.0. The van der Waals surface area contributed by atoms with Crippen LogP contribution >= 0.6 is 0 Å². The monoisotopic (exact) mass is 312 g/mol. The van der Waals surface area contributed by atoms with E-state index in [9.17, 15) is 9.59 Å². The lowest BCUT2D eigenvalue weighted by Gasteiger charge is -2.04. The van der Waals surface area contributed by atoms with E-state index in [-0.39, 0.29) is 5.92 Å². The van der Waals surface area contributed by atoms with Crippen molar-refractivity contribution >= 4 is 18.0 Å². The largest absolute Gasteiger partial charge is 0.481 e. The summed E-state index contributed by atoms with van der Waals surface area (Å²) in [7, 11) is 0. The maximum absolute atomic E-state index is 10.5. The zero-order valence-corrected chi connectivity index (χ0v) is 12.9. The van der Waals surface area contributed by atoms with E-state index >= 15 is 0 Å². The second-order valence-electron chi connectivity index (χ2n) is 5.01. The number of benzene rings is 2. The Balaban J connectivity index is 0.000000231. The Morgan fingerprint density at radius 3 is 1.96 bits per heavy atom. The van der Waals surface area contributed by atoms with Gasteiger partial charge in [-0.1, -0.05) is 67.6 Å². The van der Waals surface area contributed by atoms with Crippen molar-refractivity contribution in [2.75, 3.05) is 0 Å². The number of aliphatic carboxylic acids is 2. The third-order valence-electron chi connectivity index (χ3n) is 3.02. The number of carboxylic acid groups (broad SMARTS) is 2. The van der Waals surface area contributed by atoms with Crippen LogP contribution < -0.4 is 0 Å². The minimum absolute atomic E-state index is 0.299. The van der Waals surface area contributed by atoms with Gasteiger partial charge in [-0.25, -0.2) is 4.79 Å². The standard InChI is InChI=1S/C10H12O2.C9H8O2/c1-8(10(11)12)7-9-5-3-2-4-6-9;10-9(11)7-6-8-4-2-1-3-5-8/h2-6,8H,7H2,1H3,(H,11,12);1-7H,(H,10,11)/b;7-6+. The Morgan fingerprint density at radius 2 is 1.48 bits per heavy atom. The van der Waals surface area contributed by atoms with Gasteiger partial charge >= 0.3 is 11.9 Å². The molecular formula is C19H20O4. The number of hydrogen-bond donors (Lipinski definition) is 2. The molecule has 1 atom stereocenters. The molecule has 1 unspecified atom stereocenters. The SMILES string of the molecule is CC(Cc1ccccc1)C(=O)O.O=C(O)/C=C/c1ccccc1. The van der Waals surface area contributed by atoms with Crippen LogP contribution in [0, 0.1) is 5.92 Å². The average Bonchev–Trinajstić information content (AvgIpc) is 2.55. The van der Waals surface area contributed by atoms with Crippen LogP contribution in [0.25, 0.3) is 6.08 Å². The van der Waals surface area contributed by atoms with Crippen molar-refractivity contribution in [2.24, 2.45) is 5.92 Å². The van der Waals surface area contributed by atoms with Gasteiger partial charge in [0.05, 0.1) is 5.92 Å². The van der Waals surface area contributed by atoms with Crippen molar-refractivity contribution in [3.8, 4) is 0 Å². The predicted molar refractivity (Wildman–Crippen MR) is 90.1 cm³/mol. The quantitative estimate of drug-likeness (QED) is 0.825. The third-order valence-corrected chi connectivity index (χ3v) is 3.02. The summed E-state index contributed by atoms with van der Waals surface area (Å²) in [6, 6.07) is 19.0. The van der Waals surface area contributed by atoms with Gasteiger partial charge in [-0.15, -0.1) is 0 Å². The van der Waals surface area contributed by atoms with Crippen LogP contribution in [0.3, 0.4) is 0 Å².